The average molecular weight is 250 g/mol. The molecule has 0 unspecified atom stereocenters. The molecule has 17 heavy (non-hydrogen) atoms. The zero-order valence-corrected chi connectivity index (χ0v) is 12.4. The van der Waals surface area contributed by atoms with E-state index in [9.17, 15) is 0 Å². The highest BCUT2D eigenvalue weighted by Crippen LogP contribution is 2.11. The summed E-state index contributed by atoms with van der Waals surface area (Å²) in [5, 5.41) is 1.35. The predicted octanol–water partition coefficient (Wildman–Crippen LogP) is 1.87. The summed E-state index contributed by atoms with van der Waals surface area (Å²) < 4.78 is 11.5. The lowest BCUT2D eigenvalue weighted by Gasteiger charge is -2.29. The largest absolute Gasteiger partial charge is 0.355 e. The Morgan fingerprint density at radius 1 is 1.18 bits per heavy atom. The van der Waals surface area contributed by atoms with E-state index in [1.807, 2.05) is 26.8 Å². The maximum Gasteiger partial charge on any atom is 0.147 e. The first-order valence-corrected chi connectivity index (χ1v) is 7.54. The van der Waals surface area contributed by atoms with Gasteiger partial charge in [-0.1, -0.05) is 42.1 Å². The van der Waals surface area contributed by atoms with E-state index in [0.717, 1.165) is 5.56 Å². The van der Waals surface area contributed by atoms with Gasteiger partial charge in [-0.3, -0.25) is 0 Å². The molecule has 0 heterocycles. The van der Waals surface area contributed by atoms with Crippen molar-refractivity contribution in [1.82, 2.24) is 0 Å². The molecule has 0 spiro atoms. The van der Waals surface area contributed by atoms with Crippen LogP contribution in [-0.4, -0.2) is 28.1 Å². The number of hydrogen-bond donors (Lipinski definition) is 0. The van der Waals surface area contributed by atoms with Gasteiger partial charge in [-0.2, -0.15) is 0 Å². The van der Waals surface area contributed by atoms with Crippen molar-refractivity contribution >= 4 is 20.8 Å². The topological polar surface area (TPSA) is 18.5 Å². The first-order valence-electron chi connectivity index (χ1n) is 6.13. The molecule has 0 radical (unpaired) electrons. The molecular weight excluding hydrogens is 228 g/mol. The summed E-state index contributed by atoms with van der Waals surface area (Å²) in [6.45, 7) is 11.2. The van der Waals surface area contributed by atoms with Crippen LogP contribution in [0.2, 0.25) is 0 Å². The third kappa shape index (κ3) is 4.46. The molecule has 0 aromatic heterocycles. The molecule has 0 aliphatic carbocycles. The second-order valence-electron chi connectivity index (χ2n) is 4.12. The SMILES string of the molecule is C=Cc1ccc([SiH2]C(C)(OCC)OCC)cc1. The molecule has 0 bridgehead atoms. The Balaban J connectivity index is 2.74. The molecule has 0 aliphatic rings. The van der Waals surface area contributed by atoms with E-state index in [0.29, 0.717) is 13.2 Å². The van der Waals surface area contributed by atoms with E-state index in [4.69, 9.17) is 9.47 Å². The number of hydrogen-bond acceptors (Lipinski definition) is 2. The monoisotopic (exact) mass is 250 g/mol. The van der Waals surface area contributed by atoms with Gasteiger partial charge < -0.3 is 9.47 Å². The molecule has 1 rings (SSSR count). The van der Waals surface area contributed by atoms with E-state index < -0.39 is 9.52 Å². The first kappa shape index (κ1) is 14.2. The van der Waals surface area contributed by atoms with Crippen LogP contribution in [-0.2, 0) is 9.47 Å². The highest BCUT2D eigenvalue weighted by molar-refractivity contribution is 6.55. The average Bonchev–Trinajstić information content (AvgIpc) is 2.30. The molecule has 0 aliphatic heterocycles. The fraction of sp³-hybridized carbons (Fsp3) is 0.429. The number of rotatable bonds is 7. The summed E-state index contributed by atoms with van der Waals surface area (Å²) in [5.41, 5.74) is 0.761. The minimum atomic E-state index is -0.618. The lowest BCUT2D eigenvalue weighted by molar-refractivity contribution is -0.161. The lowest BCUT2D eigenvalue weighted by Crippen LogP contribution is -2.44. The summed E-state index contributed by atoms with van der Waals surface area (Å²) in [4.78, 5) is 0. The minimum absolute atomic E-state index is 0.390. The molecule has 0 N–H and O–H groups in total. The predicted molar refractivity (Wildman–Crippen MR) is 76.4 cm³/mol. The summed E-state index contributed by atoms with van der Waals surface area (Å²) in [7, 11) is -0.618. The molecule has 3 heteroatoms. The Hall–Kier alpha value is -0.903. The highest BCUT2D eigenvalue weighted by Gasteiger charge is 2.25. The minimum Gasteiger partial charge on any atom is -0.355 e. The van der Waals surface area contributed by atoms with Crippen molar-refractivity contribution in [2.75, 3.05) is 13.2 Å². The number of benzene rings is 1. The van der Waals surface area contributed by atoms with E-state index in [2.05, 4.69) is 30.8 Å². The summed E-state index contributed by atoms with van der Waals surface area (Å²) in [5.74, 6) is 0. The maximum absolute atomic E-state index is 5.75. The fourth-order valence-electron chi connectivity index (χ4n) is 1.90. The molecule has 0 atom stereocenters. The van der Waals surface area contributed by atoms with Crippen LogP contribution in [0.1, 0.15) is 26.3 Å². The molecule has 0 saturated heterocycles. The van der Waals surface area contributed by atoms with Crippen molar-refractivity contribution in [3.63, 3.8) is 0 Å². The molecular formula is C14H22O2Si. The van der Waals surface area contributed by atoms with Gasteiger partial charge in [0.05, 0.1) is 0 Å². The zero-order chi connectivity index (χ0) is 12.7. The van der Waals surface area contributed by atoms with E-state index in [1.54, 1.807) is 0 Å². The second kappa shape index (κ2) is 6.74. The smallest absolute Gasteiger partial charge is 0.147 e. The van der Waals surface area contributed by atoms with Gasteiger partial charge in [-0.15, -0.1) is 0 Å². The van der Waals surface area contributed by atoms with Crippen LogP contribution in [0.5, 0.6) is 0 Å². The third-order valence-corrected chi connectivity index (χ3v) is 4.57. The summed E-state index contributed by atoms with van der Waals surface area (Å²) in [6, 6.07) is 8.49. The molecule has 0 saturated carbocycles. The van der Waals surface area contributed by atoms with Crippen LogP contribution in [0.4, 0.5) is 0 Å². The normalized spacial score (nSPS) is 12.2. The van der Waals surface area contributed by atoms with Crippen LogP contribution in [0.25, 0.3) is 6.08 Å². The van der Waals surface area contributed by atoms with Gasteiger partial charge in [0.1, 0.15) is 14.9 Å². The van der Waals surface area contributed by atoms with Crippen LogP contribution in [0.15, 0.2) is 30.8 Å². The van der Waals surface area contributed by atoms with Crippen LogP contribution < -0.4 is 5.19 Å². The van der Waals surface area contributed by atoms with Gasteiger partial charge in [0.15, 0.2) is 0 Å². The van der Waals surface area contributed by atoms with Gasteiger partial charge in [-0.25, -0.2) is 0 Å². The van der Waals surface area contributed by atoms with Gasteiger partial charge in [-0.05, 0) is 26.3 Å². The van der Waals surface area contributed by atoms with Crippen molar-refractivity contribution in [2.24, 2.45) is 0 Å². The van der Waals surface area contributed by atoms with Crippen LogP contribution in [0.3, 0.4) is 0 Å². The third-order valence-electron chi connectivity index (χ3n) is 2.64. The Bertz CT molecular complexity index is 340. The van der Waals surface area contributed by atoms with Crippen LogP contribution >= 0.6 is 0 Å². The van der Waals surface area contributed by atoms with Crippen molar-refractivity contribution < 1.29 is 9.47 Å². The quantitative estimate of drug-likeness (QED) is 0.543. The lowest BCUT2D eigenvalue weighted by atomic mass is 10.2. The summed E-state index contributed by atoms with van der Waals surface area (Å²) >= 11 is 0. The molecule has 0 amide bonds. The standard InChI is InChI=1S/C14H22O2Si/c1-5-12-8-10-13(11-9-12)17-14(4,15-6-2)16-7-3/h5,8-11H,1,6-7,17H2,2-4H3. The summed E-state index contributed by atoms with van der Waals surface area (Å²) in [6.07, 6.45) is 1.86. The molecule has 0 fully saturated rings. The molecule has 2 nitrogen and oxygen atoms in total. The van der Waals surface area contributed by atoms with E-state index in [-0.39, 0.29) is 5.41 Å². The van der Waals surface area contributed by atoms with Gasteiger partial charge in [0, 0.05) is 13.2 Å². The van der Waals surface area contributed by atoms with Gasteiger partial charge in [0.2, 0.25) is 0 Å². The maximum atomic E-state index is 5.75. The Kier molecular flexibility index (Phi) is 5.61. The fourth-order valence-corrected chi connectivity index (χ4v) is 3.72. The van der Waals surface area contributed by atoms with Crippen molar-refractivity contribution in [1.29, 1.82) is 0 Å². The Morgan fingerprint density at radius 3 is 2.12 bits per heavy atom. The van der Waals surface area contributed by atoms with Crippen LogP contribution in [0, 0.1) is 0 Å². The molecule has 94 valence electrons. The van der Waals surface area contributed by atoms with E-state index >= 15 is 0 Å². The number of ether oxygens (including phenoxy) is 2. The second-order valence-corrected chi connectivity index (χ2v) is 6.58. The first-order chi connectivity index (χ1) is 8.13. The van der Waals surface area contributed by atoms with Gasteiger partial charge in [0.25, 0.3) is 0 Å². The van der Waals surface area contributed by atoms with Crippen molar-refractivity contribution in [3.8, 4) is 0 Å². The van der Waals surface area contributed by atoms with Gasteiger partial charge >= 0.3 is 0 Å². The zero-order valence-electron chi connectivity index (χ0n) is 11.0. The highest BCUT2D eigenvalue weighted by atomic mass is 28.2. The van der Waals surface area contributed by atoms with E-state index in [1.165, 1.54) is 5.19 Å². The Morgan fingerprint density at radius 2 is 1.71 bits per heavy atom. The molecule has 1 aromatic carbocycles. The Labute approximate surface area is 106 Å². The van der Waals surface area contributed by atoms with Crippen molar-refractivity contribution in [2.45, 2.75) is 26.2 Å². The molecule has 1 aromatic rings. The van der Waals surface area contributed by atoms with Crippen molar-refractivity contribution in [3.05, 3.63) is 36.4 Å².